The van der Waals surface area contributed by atoms with Crippen LogP contribution in [0.5, 0.6) is 0 Å². The summed E-state index contributed by atoms with van der Waals surface area (Å²) in [7, 11) is 0. The third-order valence-electron chi connectivity index (χ3n) is 4.65. The van der Waals surface area contributed by atoms with Gasteiger partial charge in [-0.1, -0.05) is 35.5 Å². The summed E-state index contributed by atoms with van der Waals surface area (Å²) in [5.74, 6) is -1.80. The van der Waals surface area contributed by atoms with Gasteiger partial charge in [-0.2, -0.15) is 0 Å². The first-order valence-electron chi connectivity index (χ1n) is 8.92. The number of fused-ring (bicyclic) bond motifs is 2. The number of hydrogen-bond donors (Lipinski definition) is 3. The van der Waals surface area contributed by atoms with Gasteiger partial charge in [-0.3, -0.25) is 9.59 Å². The highest BCUT2D eigenvalue weighted by Crippen LogP contribution is 2.19. The van der Waals surface area contributed by atoms with Crippen LogP contribution in [0.3, 0.4) is 0 Å². The molecule has 0 aliphatic carbocycles. The standard InChI is InChI=1S/C20H17N5O4/c26-18(11-25-19(27)14-6-2-4-8-16(14)23-24-25)22-17(20(28)29)9-12-10-21-15-7-3-1-5-13(12)15/h1-8,10,17,21H,9,11H2,(H,22,26)(H,28,29)/t17-/m0/s1. The van der Waals surface area contributed by atoms with E-state index >= 15 is 0 Å². The molecule has 2 heterocycles. The molecule has 2 aromatic heterocycles. The van der Waals surface area contributed by atoms with Crippen molar-refractivity contribution in [2.45, 2.75) is 19.0 Å². The summed E-state index contributed by atoms with van der Waals surface area (Å²) in [4.78, 5) is 39.6. The number of carboxylic acids is 1. The van der Waals surface area contributed by atoms with E-state index in [0.717, 1.165) is 21.1 Å². The fraction of sp³-hybridized carbons (Fsp3) is 0.150. The number of nitrogens with zero attached hydrogens (tertiary/aromatic N) is 3. The highest BCUT2D eigenvalue weighted by atomic mass is 16.4. The van der Waals surface area contributed by atoms with Crippen molar-refractivity contribution in [3.8, 4) is 0 Å². The maximum Gasteiger partial charge on any atom is 0.326 e. The smallest absolute Gasteiger partial charge is 0.326 e. The number of hydrogen-bond acceptors (Lipinski definition) is 5. The number of carbonyl (C=O) groups is 2. The largest absolute Gasteiger partial charge is 0.480 e. The van der Waals surface area contributed by atoms with Crippen LogP contribution in [0.4, 0.5) is 0 Å². The SMILES string of the molecule is O=C(Cn1nnc2ccccc2c1=O)N[C@@H](Cc1c[nH]c2ccccc12)C(=O)O. The number of rotatable bonds is 6. The third-order valence-corrected chi connectivity index (χ3v) is 4.65. The van der Waals surface area contributed by atoms with Crippen LogP contribution < -0.4 is 10.9 Å². The first-order valence-corrected chi connectivity index (χ1v) is 8.92. The molecule has 0 spiro atoms. The number of amides is 1. The number of carbonyl (C=O) groups excluding carboxylic acids is 1. The zero-order valence-corrected chi connectivity index (χ0v) is 15.2. The molecule has 9 heteroatoms. The molecule has 0 saturated heterocycles. The molecule has 0 radical (unpaired) electrons. The molecule has 1 amide bonds. The topological polar surface area (TPSA) is 130 Å². The monoisotopic (exact) mass is 391 g/mol. The van der Waals surface area contributed by atoms with Crippen molar-refractivity contribution >= 4 is 33.7 Å². The van der Waals surface area contributed by atoms with Gasteiger partial charge >= 0.3 is 5.97 Å². The van der Waals surface area contributed by atoms with Gasteiger partial charge in [0.1, 0.15) is 18.1 Å². The van der Waals surface area contributed by atoms with Crippen LogP contribution in [0.25, 0.3) is 21.8 Å². The van der Waals surface area contributed by atoms with Gasteiger partial charge in [-0.15, -0.1) is 5.10 Å². The second-order valence-corrected chi connectivity index (χ2v) is 6.59. The predicted molar refractivity (Wildman–Crippen MR) is 105 cm³/mol. The highest BCUT2D eigenvalue weighted by Gasteiger charge is 2.22. The Morgan fingerprint density at radius 2 is 1.83 bits per heavy atom. The number of H-pyrrole nitrogens is 1. The molecule has 146 valence electrons. The lowest BCUT2D eigenvalue weighted by Crippen LogP contribution is -2.45. The van der Waals surface area contributed by atoms with Gasteiger partial charge in [0, 0.05) is 23.5 Å². The van der Waals surface area contributed by atoms with Crippen LogP contribution in [0, 0.1) is 0 Å². The Morgan fingerprint density at radius 3 is 2.62 bits per heavy atom. The summed E-state index contributed by atoms with van der Waals surface area (Å²) in [5.41, 5.74) is 1.62. The van der Waals surface area contributed by atoms with Gasteiger partial charge in [0.2, 0.25) is 5.91 Å². The zero-order valence-electron chi connectivity index (χ0n) is 15.2. The van der Waals surface area contributed by atoms with Crippen LogP contribution in [-0.4, -0.2) is 43.0 Å². The summed E-state index contributed by atoms with van der Waals surface area (Å²) in [5, 5.41) is 20.9. The predicted octanol–water partition coefficient (Wildman–Crippen LogP) is 1.08. The van der Waals surface area contributed by atoms with Crippen LogP contribution in [0.2, 0.25) is 0 Å². The number of aliphatic carboxylic acids is 1. The number of para-hydroxylation sites is 1. The van der Waals surface area contributed by atoms with Gasteiger partial charge in [0.05, 0.1) is 5.39 Å². The van der Waals surface area contributed by atoms with Crippen molar-refractivity contribution in [2.75, 3.05) is 0 Å². The Bertz CT molecular complexity index is 1280. The van der Waals surface area contributed by atoms with E-state index in [-0.39, 0.29) is 6.42 Å². The molecular weight excluding hydrogens is 374 g/mol. The third kappa shape index (κ3) is 3.70. The lowest BCUT2D eigenvalue weighted by atomic mass is 10.1. The van der Waals surface area contributed by atoms with Crippen molar-refractivity contribution in [3.63, 3.8) is 0 Å². The molecule has 0 unspecified atom stereocenters. The van der Waals surface area contributed by atoms with E-state index < -0.39 is 30.0 Å². The number of nitrogens with one attached hydrogen (secondary N) is 2. The van der Waals surface area contributed by atoms with Gasteiger partial charge in [0.15, 0.2) is 0 Å². The minimum atomic E-state index is -1.17. The van der Waals surface area contributed by atoms with E-state index in [1.807, 2.05) is 24.3 Å². The second-order valence-electron chi connectivity index (χ2n) is 6.59. The van der Waals surface area contributed by atoms with Crippen LogP contribution in [0.1, 0.15) is 5.56 Å². The van der Waals surface area contributed by atoms with E-state index in [0.29, 0.717) is 10.9 Å². The van der Waals surface area contributed by atoms with E-state index in [9.17, 15) is 19.5 Å². The van der Waals surface area contributed by atoms with Crippen LogP contribution >= 0.6 is 0 Å². The Hall–Kier alpha value is -4.01. The van der Waals surface area contributed by atoms with E-state index in [1.165, 1.54) is 0 Å². The molecule has 0 aliphatic heterocycles. The quantitative estimate of drug-likeness (QED) is 0.451. The molecule has 9 nitrogen and oxygen atoms in total. The number of aromatic nitrogens is 4. The van der Waals surface area contributed by atoms with Gasteiger partial charge < -0.3 is 15.4 Å². The van der Waals surface area contributed by atoms with Crippen molar-refractivity contribution in [1.82, 2.24) is 25.3 Å². The van der Waals surface area contributed by atoms with Crippen molar-refractivity contribution in [1.29, 1.82) is 0 Å². The van der Waals surface area contributed by atoms with Crippen LogP contribution in [0.15, 0.2) is 59.5 Å². The fourth-order valence-corrected chi connectivity index (χ4v) is 3.22. The van der Waals surface area contributed by atoms with Gasteiger partial charge in [0.25, 0.3) is 5.56 Å². The molecule has 0 fully saturated rings. The molecule has 0 saturated carbocycles. The fourth-order valence-electron chi connectivity index (χ4n) is 3.22. The average molecular weight is 391 g/mol. The maximum absolute atomic E-state index is 12.4. The molecule has 0 bridgehead atoms. The molecule has 3 N–H and O–H groups in total. The Balaban J connectivity index is 1.52. The van der Waals surface area contributed by atoms with Crippen molar-refractivity contribution in [3.05, 3.63) is 70.6 Å². The minimum absolute atomic E-state index is 0.101. The highest BCUT2D eigenvalue weighted by molar-refractivity contribution is 5.86. The summed E-state index contributed by atoms with van der Waals surface area (Å²) in [6, 6.07) is 13.0. The van der Waals surface area contributed by atoms with Crippen molar-refractivity contribution < 1.29 is 14.7 Å². The summed E-state index contributed by atoms with van der Waals surface area (Å²) in [6.07, 6.45) is 1.83. The number of aromatic amines is 1. The number of benzene rings is 2. The molecule has 4 aromatic rings. The van der Waals surface area contributed by atoms with Gasteiger partial charge in [-0.05, 0) is 23.8 Å². The Kier molecular flexibility index (Phi) is 4.78. The first-order chi connectivity index (χ1) is 14.0. The zero-order chi connectivity index (χ0) is 20.4. The number of carboxylic acid groups (broad SMARTS) is 1. The molecule has 29 heavy (non-hydrogen) atoms. The lowest BCUT2D eigenvalue weighted by Gasteiger charge is -2.14. The molecule has 1 atom stereocenters. The summed E-state index contributed by atoms with van der Waals surface area (Å²) >= 11 is 0. The second kappa shape index (κ2) is 7.55. The summed E-state index contributed by atoms with van der Waals surface area (Å²) < 4.78 is 0.919. The minimum Gasteiger partial charge on any atom is -0.480 e. The maximum atomic E-state index is 12.4. The normalized spacial score (nSPS) is 12.1. The van der Waals surface area contributed by atoms with E-state index in [4.69, 9.17) is 0 Å². The van der Waals surface area contributed by atoms with E-state index in [1.54, 1.807) is 30.5 Å². The molecular formula is C20H17N5O4. The van der Waals surface area contributed by atoms with Crippen molar-refractivity contribution in [2.24, 2.45) is 0 Å². The first kappa shape index (κ1) is 18.4. The average Bonchev–Trinajstić information content (AvgIpc) is 3.13. The Labute approximate surface area is 164 Å². The molecule has 0 aliphatic rings. The van der Waals surface area contributed by atoms with Gasteiger partial charge in [-0.25, -0.2) is 9.48 Å². The van der Waals surface area contributed by atoms with Crippen LogP contribution in [-0.2, 0) is 22.6 Å². The van der Waals surface area contributed by atoms with E-state index in [2.05, 4.69) is 20.6 Å². The molecule has 2 aromatic carbocycles. The lowest BCUT2D eigenvalue weighted by molar-refractivity contribution is -0.141. The molecule has 4 rings (SSSR count). The summed E-state index contributed by atoms with van der Waals surface area (Å²) in [6.45, 7) is -0.422. The Morgan fingerprint density at radius 1 is 1.10 bits per heavy atom.